The summed E-state index contributed by atoms with van der Waals surface area (Å²) in [6.07, 6.45) is 6.92. The monoisotopic (exact) mass is 184 g/mol. The fourth-order valence-electron chi connectivity index (χ4n) is 0.579. The molecule has 0 aliphatic heterocycles. The molecule has 0 aromatic carbocycles. The Morgan fingerprint density at radius 3 is 2.33 bits per heavy atom. The van der Waals surface area contributed by atoms with Crippen molar-refractivity contribution in [2.24, 2.45) is 0 Å². The van der Waals surface area contributed by atoms with E-state index in [1.54, 1.807) is 6.20 Å². The van der Waals surface area contributed by atoms with Gasteiger partial charge in [-0.05, 0) is 13.0 Å². The maximum Gasteiger partial charge on any atom is 0.147 e. The first-order valence-electron chi connectivity index (χ1n) is 3.93. The van der Waals surface area contributed by atoms with Gasteiger partial charge in [0.15, 0.2) is 0 Å². The Morgan fingerprint density at radius 2 is 1.92 bits per heavy atom. The van der Waals surface area contributed by atoms with Crippen LogP contribution in [-0.4, -0.2) is 9.97 Å². The van der Waals surface area contributed by atoms with Crippen molar-refractivity contribution in [1.82, 2.24) is 9.97 Å². The summed E-state index contributed by atoms with van der Waals surface area (Å²) >= 11 is 5.51. The largest absolute Gasteiger partial charge is 0.252 e. The lowest BCUT2D eigenvalue weighted by Crippen LogP contribution is -1.81. The number of nitrogens with zero attached hydrogens (tertiary/aromatic N) is 2. The Hall–Kier alpha value is -0.890. The van der Waals surface area contributed by atoms with E-state index in [0.717, 1.165) is 5.69 Å². The molecule has 0 unspecified atom stereocenters. The zero-order valence-corrected chi connectivity index (χ0v) is 8.34. The van der Waals surface area contributed by atoms with Crippen molar-refractivity contribution in [3.63, 3.8) is 0 Å². The Kier molecular flexibility index (Phi) is 6.29. The van der Waals surface area contributed by atoms with Crippen molar-refractivity contribution in [1.29, 1.82) is 0 Å². The van der Waals surface area contributed by atoms with Crippen LogP contribution in [0.15, 0.2) is 18.5 Å². The lowest BCUT2D eigenvalue weighted by molar-refractivity contribution is 1.18. The molecule has 0 N–H and O–H groups in total. The van der Waals surface area contributed by atoms with Gasteiger partial charge in [0.05, 0.1) is 18.1 Å². The molecule has 1 aromatic heterocycles. The van der Waals surface area contributed by atoms with Crippen molar-refractivity contribution < 1.29 is 0 Å². The van der Waals surface area contributed by atoms with Crippen molar-refractivity contribution in [2.75, 3.05) is 0 Å². The Bertz CT molecular complexity index is 229. The Balaban J connectivity index is 0.000000561. The van der Waals surface area contributed by atoms with Gasteiger partial charge in [-0.2, -0.15) is 0 Å². The summed E-state index contributed by atoms with van der Waals surface area (Å²) < 4.78 is 0. The zero-order chi connectivity index (χ0) is 9.40. The molecule has 0 atom stereocenters. The molecule has 0 aliphatic carbocycles. The van der Waals surface area contributed by atoms with Gasteiger partial charge in [-0.1, -0.05) is 31.5 Å². The minimum atomic E-state index is 0.424. The van der Waals surface area contributed by atoms with E-state index in [9.17, 15) is 0 Å². The van der Waals surface area contributed by atoms with Crippen molar-refractivity contribution in [3.8, 4) is 0 Å². The van der Waals surface area contributed by atoms with E-state index in [4.69, 9.17) is 11.6 Å². The van der Waals surface area contributed by atoms with Crippen LogP contribution in [0.4, 0.5) is 0 Å². The molecule has 0 saturated carbocycles. The minimum absolute atomic E-state index is 0.424. The molecule has 0 aliphatic rings. The SMILES string of the molecule is C/C=C/c1cnc(Cl)cn1.CC. The first-order valence-corrected chi connectivity index (χ1v) is 4.31. The molecule has 0 radical (unpaired) electrons. The number of rotatable bonds is 1. The minimum Gasteiger partial charge on any atom is -0.252 e. The van der Waals surface area contributed by atoms with E-state index in [2.05, 4.69) is 9.97 Å². The number of hydrogen-bond acceptors (Lipinski definition) is 2. The van der Waals surface area contributed by atoms with Gasteiger partial charge in [-0.25, -0.2) is 4.98 Å². The maximum absolute atomic E-state index is 5.51. The fraction of sp³-hybridized carbons (Fsp3) is 0.333. The molecule has 0 saturated heterocycles. The quantitative estimate of drug-likeness (QED) is 0.670. The third kappa shape index (κ3) is 4.09. The van der Waals surface area contributed by atoms with Gasteiger partial charge in [-0.3, -0.25) is 4.98 Å². The van der Waals surface area contributed by atoms with Crippen LogP contribution in [0.25, 0.3) is 6.08 Å². The highest BCUT2D eigenvalue weighted by Gasteiger charge is 1.87. The smallest absolute Gasteiger partial charge is 0.147 e. The molecule has 0 bridgehead atoms. The second-order valence-corrected chi connectivity index (χ2v) is 2.15. The van der Waals surface area contributed by atoms with Crippen LogP contribution in [0.1, 0.15) is 26.5 Å². The number of aromatic nitrogens is 2. The van der Waals surface area contributed by atoms with Crippen LogP contribution >= 0.6 is 11.6 Å². The normalized spacial score (nSPS) is 9.33. The molecular weight excluding hydrogens is 172 g/mol. The molecule has 1 heterocycles. The van der Waals surface area contributed by atoms with E-state index < -0.39 is 0 Å². The van der Waals surface area contributed by atoms with Crippen LogP contribution in [0.2, 0.25) is 5.15 Å². The van der Waals surface area contributed by atoms with Crippen LogP contribution in [0, 0.1) is 0 Å². The Labute approximate surface area is 78.3 Å². The topological polar surface area (TPSA) is 25.8 Å². The van der Waals surface area contributed by atoms with Crippen LogP contribution in [0.3, 0.4) is 0 Å². The lowest BCUT2D eigenvalue weighted by atomic mass is 10.4. The molecule has 3 heteroatoms. The van der Waals surface area contributed by atoms with E-state index >= 15 is 0 Å². The second-order valence-electron chi connectivity index (χ2n) is 1.76. The van der Waals surface area contributed by atoms with Crippen LogP contribution in [0.5, 0.6) is 0 Å². The standard InChI is InChI=1S/C7H7ClN2.C2H6/c1-2-3-6-4-10-7(8)5-9-6;1-2/h2-5H,1H3;1-2H3/b3-2+;. The van der Waals surface area contributed by atoms with E-state index in [-0.39, 0.29) is 0 Å². The van der Waals surface area contributed by atoms with Crippen molar-refractivity contribution >= 4 is 17.7 Å². The lowest BCUT2D eigenvalue weighted by Gasteiger charge is -1.89. The van der Waals surface area contributed by atoms with E-state index in [1.807, 2.05) is 32.9 Å². The highest BCUT2D eigenvalue weighted by atomic mass is 35.5. The van der Waals surface area contributed by atoms with Gasteiger partial charge in [-0.15, -0.1) is 0 Å². The predicted molar refractivity (Wildman–Crippen MR) is 53.1 cm³/mol. The molecule has 66 valence electrons. The van der Waals surface area contributed by atoms with Gasteiger partial charge in [0.2, 0.25) is 0 Å². The number of halogens is 1. The van der Waals surface area contributed by atoms with Gasteiger partial charge in [0.1, 0.15) is 5.15 Å². The van der Waals surface area contributed by atoms with Gasteiger partial charge in [0.25, 0.3) is 0 Å². The first-order chi connectivity index (χ1) is 5.83. The summed E-state index contributed by atoms with van der Waals surface area (Å²) in [6.45, 7) is 5.93. The molecule has 0 spiro atoms. The summed E-state index contributed by atoms with van der Waals surface area (Å²) in [5.74, 6) is 0. The van der Waals surface area contributed by atoms with Crippen molar-refractivity contribution in [3.05, 3.63) is 29.3 Å². The summed E-state index contributed by atoms with van der Waals surface area (Å²) in [6, 6.07) is 0. The number of hydrogen-bond donors (Lipinski definition) is 0. The van der Waals surface area contributed by atoms with Crippen LogP contribution < -0.4 is 0 Å². The van der Waals surface area contributed by atoms with Gasteiger partial charge >= 0.3 is 0 Å². The fourth-order valence-corrected chi connectivity index (χ4v) is 0.677. The average molecular weight is 185 g/mol. The van der Waals surface area contributed by atoms with Gasteiger partial charge < -0.3 is 0 Å². The predicted octanol–water partition coefficient (Wildman–Crippen LogP) is 3.19. The zero-order valence-electron chi connectivity index (χ0n) is 7.58. The highest BCUT2D eigenvalue weighted by Crippen LogP contribution is 2.01. The molecule has 1 rings (SSSR count). The third-order valence-corrected chi connectivity index (χ3v) is 1.17. The second kappa shape index (κ2) is 6.80. The summed E-state index contributed by atoms with van der Waals surface area (Å²) in [5, 5.41) is 0.424. The summed E-state index contributed by atoms with van der Waals surface area (Å²) in [5.41, 5.74) is 0.826. The van der Waals surface area contributed by atoms with Crippen molar-refractivity contribution in [2.45, 2.75) is 20.8 Å². The molecular formula is C9H13ClN2. The maximum atomic E-state index is 5.51. The molecule has 0 amide bonds. The molecule has 0 fully saturated rings. The number of allylic oxidation sites excluding steroid dienone is 1. The summed E-state index contributed by atoms with van der Waals surface area (Å²) in [4.78, 5) is 7.84. The molecule has 12 heavy (non-hydrogen) atoms. The van der Waals surface area contributed by atoms with Crippen LogP contribution in [-0.2, 0) is 0 Å². The Morgan fingerprint density at radius 1 is 1.25 bits per heavy atom. The highest BCUT2D eigenvalue weighted by molar-refractivity contribution is 6.29. The molecule has 1 aromatic rings. The van der Waals surface area contributed by atoms with E-state index in [1.165, 1.54) is 6.20 Å². The molecule has 2 nitrogen and oxygen atoms in total. The average Bonchev–Trinajstić information content (AvgIpc) is 2.13. The van der Waals surface area contributed by atoms with Gasteiger partial charge in [0, 0.05) is 0 Å². The summed E-state index contributed by atoms with van der Waals surface area (Å²) in [7, 11) is 0. The van der Waals surface area contributed by atoms with E-state index in [0.29, 0.717) is 5.15 Å². The third-order valence-electron chi connectivity index (χ3n) is 0.978. The first kappa shape index (κ1) is 11.1.